The summed E-state index contributed by atoms with van der Waals surface area (Å²) < 4.78 is 70.0. The number of carbonyl (C=O) groups excluding carboxylic acids is 1. The van der Waals surface area contributed by atoms with Crippen LogP contribution >= 0.6 is 0 Å². The zero-order valence-electron chi connectivity index (χ0n) is 18.7. The Hall–Kier alpha value is -4.19. The van der Waals surface area contributed by atoms with Gasteiger partial charge in [0.15, 0.2) is 0 Å². The summed E-state index contributed by atoms with van der Waals surface area (Å²) in [4.78, 5) is 19.0. The van der Waals surface area contributed by atoms with Crippen LogP contribution in [0, 0.1) is 0 Å². The fourth-order valence-electron chi connectivity index (χ4n) is 4.24. The van der Waals surface area contributed by atoms with Crippen LogP contribution in [0.4, 0.5) is 22.0 Å². The number of pyridine rings is 1. The molecule has 2 atom stereocenters. The molecular formula is C25H17F5N4O3. The SMILES string of the molecule is O=C1c2cc(-c3nnc(C(F)F)o3)ccc2CN1[C@H](c1ccc(C(F)(F)F)cc1)[C@@H](O)c1ccccn1. The molecule has 7 nitrogen and oxygen atoms in total. The van der Waals surface area contributed by atoms with Gasteiger partial charge in [-0.3, -0.25) is 9.78 Å². The number of hydrogen-bond donors (Lipinski definition) is 1. The van der Waals surface area contributed by atoms with Gasteiger partial charge >= 0.3 is 12.6 Å². The predicted molar refractivity (Wildman–Crippen MR) is 118 cm³/mol. The zero-order chi connectivity index (χ0) is 26.3. The number of halogens is 5. The van der Waals surface area contributed by atoms with Crippen molar-refractivity contribution >= 4 is 5.91 Å². The van der Waals surface area contributed by atoms with E-state index in [1.165, 1.54) is 35.4 Å². The van der Waals surface area contributed by atoms with E-state index in [2.05, 4.69) is 15.2 Å². The van der Waals surface area contributed by atoms with E-state index in [-0.39, 0.29) is 34.8 Å². The minimum absolute atomic E-state index is 0.0378. The summed E-state index contributed by atoms with van der Waals surface area (Å²) in [5.41, 5.74) is 0.635. The number of benzene rings is 2. The molecule has 0 spiro atoms. The summed E-state index contributed by atoms with van der Waals surface area (Å²) in [5.74, 6) is -1.58. The maximum Gasteiger partial charge on any atom is 0.416 e. The monoisotopic (exact) mass is 516 g/mol. The first kappa shape index (κ1) is 24.5. The van der Waals surface area contributed by atoms with Crippen molar-refractivity contribution in [3.63, 3.8) is 0 Å². The number of carbonyl (C=O) groups is 1. The number of aromatic nitrogens is 3. The first-order chi connectivity index (χ1) is 17.6. The molecule has 5 rings (SSSR count). The normalized spacial score (nSPS) is 15.2. The highest BCUT2D eigenvalue weighted by Gasteiger charge is 2.39. The molecule has 4 aromatic rings. The molecule has 190 valence electrons. The molecule has 1 N–H and O–H groups in total. The van der Waals surface area contributed by atoms with Gasteiger partial charge in [-0.15, -0.1) is 10.2 Å². The number of fused-ring (bicyclic) bond motifs is 1. The van der Waals surface area contributed by atoms with Gasteiger partial charge < -0.3 is 14.4 Å². The van der Waals surface area contributed by atoms with Gasteiger partial charge in [0.25, 0.3) is 11.8 Å². The van der Waals surface area contributed by atoms with Crippen LogP contribution in [0.25, 0.3) is 11.5 Å². The largest absolute Gasteiger partial charge is 0.416 e. The first-order valence-electron chi connectivity index (χ1n) is 11.0. The fourth-order valence-corrected chi connectivity index (χ4v) is 4.24. The van der Waals surface area contributed by atoms with E-state index in [1.807, 2.05) is 0 Å². The van der Waals surface area contributed by atoms with E-state index in [4.69, 9.17) is 4.42 Å². The third-order valence-electron chi connectivity index (χ3n) is 6.02. The Morgan fingerprint density at radius 3 is 2.38 bits per heavy atom. The lowest BCUT2D eigenvalue weighted by Crippen LogP contribution is -2.33. The Morgan fingerprint density at radius 2 is 1.76 bits per heavy atom. The van der Waals surface area contributed by atoms with E-state index in [0.717, 1.165) is 12.1 Å². The quantitative estimate of drug-likeness (QED) is 0.340. The lowest BCUT2D eigenvalue weighted by Gasteiger charge is -2.32. The number of alkyl halides is 5. The van der Waals surface area contributed by atoms with Crippen LogP contribution in [0.5, 0.6) is 0 Å². The van der Waals surface area contributed by atoms with Crippen molar-refractivity contribution in [1.82, 2.24) is 20.1 Å². The van der Waals surface area contributed by atoms with Crippen LogP contribution < -0.4 is 0 Å². The molecular weight excluding hydrogens is 499 g/mol. The van der Waals surface area contributed by atoms with E-state index in [9.17, 15) is 31.9 Å². The van der Waals surface area contributed by atoms with Crippen LogP contribution in [0.2, 0.25) is 0 Å². The minimum Gasteiger partial charge on any atom is -0.415 e. The molecule has 0 radical (unpaired) electrons. The van der Waals surface area contributed by atoms with Gasteiger partial charge in [-0.1, -0.05) is 24.3 Å². The average molecular weight is 516 g/mol. The first-order valence-corrected chi connectivity index (χ1v) is 11.0. The lowest BCUT2D eigenvalue weighted by molar-refractivity contribution is -0.137. The standard InChI is InChI=1S/C25H17F5N4O3/c26-21(27)23-33-32-22(37-23)14-4-5-15-12-34(24(36)17(15)11-14)19(20(35)18-3-1-2-10-31-18)13-6-8-16(9-7-13)25(28,29)30/h1-11,19-21,35H,12H2/t19-,20+/m1/s1. The van der Waals surface area contributed by atoms with Gasteiger partial charge in [0.1, 0.15) is 6.10 Å². The number of amides is 1. The summed E-state index contributed by atoms with van der Waals surface area (Å²) in [7, 11) is 0. The van der Waals surface area contributed by atoms with E-state index < -0.39 is 42.1 Å². The molecule has 2 aromatic heterocycles. The molecule has 0 saturated heterocycles. The number of aliphatic hydroxyl groups excluding tert-OH is 1. The van der Waals surface area contributed by atoms with Crippen LogP contribution in [0.15, 0.2) is 71.3 Å². The zero-order valence-corrected chi connectivity index (χ0v) is 18.7. The van der Waals surface area contributed by atoms with E-state index >= 15 is 0 Å². The summed E-state index contributed by atoms with van der Waals surface area (Å²) in [6.07, 6.45) is -7.42. The maximum absolute atomic E-state index is 13.5. The van der Waals surface area contributed by atoms with Crippen LogP contribution in [-0.2, 0) is 12.7 Å². The second kappa shape index (κ2) is 9.36. The molecule has 1 aliphatic heterocycles. The van der Waals surface area contributed by atoms with E-state index in [0.29, 0.717) is 5.56 Å². The molecule has 0 unspecified atom stereocenters. The van der Waals surface area contributed by atoms with Gasteiger partial charge in [0.05, 0.1) is 17.3 Å². The Labute approximate surface area is 206 Å². The topological polar surface area (TPSA) is 92.4 Å². The third-order valence-corrected chi connectivity index (χ3v) is 6.02. The van der Waals surface area contributed by atoms with Crippen LogP contribution in [-0.4, -0.2) is 31.1 Å². The smallest absolute Gasteiger partial charge is 0.415 e. The molecule has 0 aliphatic carbocycles. The predicted octanol–water partition coefficient (Wildman–Crippen LogP) is 5.52. The highest BCUT2D eigenvalue weighted by Crippen LogP contribution is 2.40. The molecule has 37 heavy (non-hydrogen) atoms. The molecule has 3 heterocycles. The van der Waals surface area contributed by atoms with Crippen molar-refractivity contribution in [3.05, 3.63) is 101 Å². The molecule has 12 heteroatoms. The van der Waals surface area contributed by atoms with Crippen molar-refractivity contribution < 1.29 is 36.3 Å². The highest BCUT2D eigenvalue weighted by molar-refractivity contribution is 5.99. The lowest BCUT2D eigenvalue weighted by atomic mass is 9.96. The summed E-state index contributed by atoms with van der Waals surface area (Å²) in [5, 5.41) is 18.1. The Morgan fingerprint density at radius 1 is 1.00 bits per heavy atom. The van der Waals surface area contributed by atoms with Crippen molar-refractivity contribution in [2.45, 2.75) is 31.3 Å². The van der Waals surface area contributed by atoms with Gasteiger partial charge in [0.2, 0.25) is 5.89 Å². The molecule has 1 aliphatic rings. The third kappa shape index (κ3) is 4.67. The van der Waals surface area contributed by atoms with Gasteiger partial charge in [-0.2, -0.15) is 22.0 Å². The second-order valence-corrected chi connectivity index (χ2v) is 8.32. The Kier molecular flexibility index (Phi) is 6.20. The molecule has 0 fully saturated rings. The van der Waals surface area contributed by atoms with Crippen LogP contribution in [0.1, 0.15) is 57.2 Å². The average Bonchev–Trinajstić information content (AvgIpc) is 3.50. The van der Waals surface area contributed by atoms with Crippen LogP contribution in [0.3, 0.4) is 0 Å². The van der Waals surface area contributed by atoms with Crippen molar-refractivity contribution in [3.8, 4) is 11.5 Å². The molecule has 0 bridgehead atoms. The summed E-state index contributed by atoms with van der Waals surface area (Å²) in [6.45, 7) is 0.0378. The minimum atomic E-state index is -4.55. The maximum atomic E-state index is 13.5. The second-order valence-electron chi connectivity index (χ2n) is 8.32. The fraction of sp³-hybridized carbons (Fsp3) is 0.200. The molecule has 0 saturated carbocycles. The van der Waals surface area contributed by atoms with Gasteiger partial charge in [0, 0.05) is 23.9 Å². The number of aliphatic hydroxyl groups is 1. The van der Waals surface area contributed by atoms with Gasteiger partial charge in [-0.05, 0) is 47.5 Å². The number of hydrogen-bond acceptors (Lipinski definition) is 6. The van der Waals surface area contributed by atoms with Crippen molar-refractivity contribution in [2.24, 2.45) is 0 Å². The molecule has 2 aromatic carbocycles. The number of nitrogens with zero attached hydrogens (tertiary/aromatic N) is 4. The summed E-state index contributed by atoms with van der Waals surface area (Å²) in [6, 6.07) is 12.5. The van der Waals surface area contributed by atoms with Gasteiger partial charge in [-0.25, -0.2) is 0 Å². The summed E-state index contributed by atoms with van der Waals surface area (Å²) >= 11 is 0. The van der Waals surface area contributed by atoms with Crippen molar-refractivity contribution in [2.75, 3.05) is 0 Å². The highest BCUT2D eigenvalue weighted by atomic mass is 19.4. The number of rotatable bonds is 6. The molecule has 1 amide bonds. The Balaban J connectivity index is 1.51. The van der Waals surface area contributed by atoms with Crippen molar-refractivity contribution in [1.29, 1.82) is 0 Å². The Bertz CT molecular complexity index is 1420. The van der Waals surface area contributed by atoms with E-state index in [1.54, 1.807) is 24.3 Å².